The van der Waals surface area contributed by atoms with Gasteiger partial charge in [0.1, 0.15) is 6.04 Å². The van der Waals surface area contributed by atoms with Gasteiger partial charge in [-0.25, -0.2) is 0 Å². The van der Waals surface area contributed by atoms with Crippen molar-refractivity contribution >= 4 is 40.0 Å². The summed E-state index contributed by atoms with van der Waals surface area (Å²) in [6.07, 6.45) is 6.36. The number of aromatic amines is 1. The van der Waals surface area contributed by atoms with E-state index in [1.807, 2.05) is 22.7 Å². The number of nitrogens with one attached hydrogen (secondary N) is 2. The lowest BCUT2D eigenvalue weighted by Crippen LogP contribution is -2.46. The number of benzene rings is 1. The number of carbonyl (C=O) groups excluding carboxylic acids is 2. The molecule has 1 aromatic heterocycles. The van der Waals surface area contributed by atoms with Crippen LogP contribution in [0.15, 0.2) is 35.3 Å². The minimum atomic E-state index is -0.420. The first-order chi connectivity index (χ1) is 14.1. The number of carbonyl (C=O) groups is 2. The highest BCUT2D eigenvalue weighted by molar-refractivity contribution is 7.99. The summed E-state index contributed by atoms with van der Waals surface area (Å²) in [7, 11) is 0. The van der Waals surface area contributed by atoms with Gasteiger partial charge in [-0.1, -0.05) is 6.07 Å². The van der Waals surface area contributed by atoms with Crippen LogP contribution in [-0.4, -0.2) is 45.8 Å². The van der Waals surface area contributed by atoms with Crippen molar-refractivity contribution in [2.24, 2.45) is 11.3 Å². The lowest BCUT2D eigenvalue weighted by atomic mass is 10.0. The molecule has 1 spiro atoms. The molecule has 1 aliphatic carbocycles. The Morgan fingerprint density at radius 3 is 2.69 bits per heavy atom. The summed E-state index contributed by atoms with van der Waals surface area (Å²) in [4.78, 5) is 43.1. The molecule has 2 amide bonds. The third kappa shape index (κ3) is 3.45. The van der Waals surface area contributed by atoms with E-state index in [2.05, 4.69) is 10.3 Å². The molecule has 1 saturated carbocycles. The maximum absolute atomic E-state index is 13.3. The normalized spacial score (nSPS) is 23.4. The maximum atomic E-state index is 13.3. The zero-order valence-electron chi connectivity index (χ0n) is 16.3. The van der Waals surface area contributed by atoms with Gasteiger partial charge >= 0.3 is 0 Å². The predicted octanol–water partition coefficient (Wildman–Crippen LogP) is 2.99. The molecular weight excluding hydrogens is 386 g/mol. The third-order valence-corrected chi connectivity index (χ3v) is 7.74. The highest BCUT2D eigenvalue weighted by Gasteiger charge is 2.55. The Morgan fingerprint density at radius 2 is 1.93 bits per heavy atom. The molecule has 0 bridgehead atoms. The van der Waals surface area contributed by atoms with E-state index in [1.54, 1.807) is 24.4 Å². The molecule has 1 aromatic carbocycles. The Morgan fingerprint density at radius 1 is 1.14 bits per heavy atom. The van der Waals surface area contributed by atoms with Crippen LogP contribution in [0.4, 0.5) is 5.69 Å². The van der Waals surface area contributed by atoms with Crippen LogP contribution in [0.25, 0.3) is 10.8 Å². The zero-order valence-corrected chi connectivity index (χ0v) is 17.1. The maximum Gasteiger partial charge on any atom is 0.255 e. The average molecular weight is 412 g/mol. The first-order valence-corrected chi connectivity index (χ1v) is 11.5. The quantitative estimate of drug-likeness (QED) is 0.814. The van der Waals surface area contributed by atoms with E-state index in [4.69, 9.17) is 0 Å². The molecule has 6 nitrogen and oxygen atoms in total. The molecule has 0 unspecified atom stereocenters. The van der Waals surface area contributed by atoms with Crippen molar-refractivity contribution in [3.8, 4) is 0 Å². The topological polar surface area (TPSA) is 82.3 Å². The molecule has 3 fully saturated rings. The van der Waals surface area contributed by atoms with E-state index in [9.17, 15) is 14.4 Å². The molecule has 2 N–H and O–H groups in total. The van der Waals surface area contributed by atoms with E-state index < -0.39 is 6.04 Å². The summed E-state index contributed by atoms with van der Waals surface area (Å²) in [6.45, 7) is 0.711. The highest BCUT2D eigenvalue weighted by Crippen LogP contribution is 2.55. The third-order valence-electron chi connectivity index (χ3n) is 6.69. The zero-order chi connectivity index (χ0) is 20.0. The van der Waals surface area contributed by atoms with Crippen LogP contribution in [0.5, 0.6) is 0 Å². The number of hydrogen-bond acceptors (Lipinski definition) is 4. The number of anilines is 1. The number of amides is 2. The van der Waals surface area contributed by atoms with Crippen LogP contribution in [0.3, 0.4) is 0 Å². The Kier molecular flexibility index (Phi) is 4.65. The van der Waals surface area contributed by atoms with Crippen molar-refractivity contribution in [1.82, 2.24) is 9.88 Å². The lowest BCUT2D eigenvalue weighted by Gasteiger charge is -2.30. The highest BCUT2D eigenvalue weighted by atomic mass is 32.2. The number of nitrogens with zero attached hydrogens (tertiary/aromatic N) is 1. The smallest absolute Gasteiger partial charge is 0.255 e. The van der Waals surface area contributed by atoms with Gasteiger partial charge in [0.2, 0.25) is 11.8 Å². The fourth-order valence-electron chi connectivity index (χ4n) is 4.79. The van der Waals surface area contributed by atoms with E-state index in [-0.39, 0.29) is 28.7 Å². The first-order valence-electron chi connectivity index (χ1n) is 10.4. The number of fused-ring (bicyclic) bond motifs is 1. The Bertz CT molecular complexity index is 1020. The SMILES string of the molecule is O=C(Nc1cccc2c(=O)[nH]ccc12)[C@@H]1CC2(CC2)CN1C(=O)C1CCSCC1. The minimum absolute atomic E-state index is 0.0524. The standard InChI is InChI=1S/C22H25N3O3S/c26-19-16-2-1-3-17(15(16)4-9-23-19)24-20(27)18-12-22(7-8-22)13-25(18)21(28)14-5-10-29-11-6-14/h1-4,9,14,18H,5-8,10-13H2,(H,23,26)(H,24,27)/t18-/m0/s1. The number of rotatable bonds is 3. The summed E-state index contributed by atoms with van der Waals surface area (Å²) < 4.78 is 0. The van der Waals surface area contributed by atoms with E-state index >= 15 is 0 Å². The van der Waals surface area contributed by atoms with Crippen molar-refractivity contribution in [1.29, 1.82) is 0 Å². The van der Waals surface area contributed by atoms with Crippen LogP contribution in [0, 0.1) is 11.3 Å². The van der Waals surface area contributed by atoms with Crippen LogP contribution < -0.4 is 10.9 Å². The molecule has 7 heteroatoms. The summed E-state index contributed by atoms with van der Waals surface area (Å²) in [5.74, 6) is 2.12. The van der Waals surface area contributed by atoms with Crippen molar-refractivity contribution in [3.05, 3.63) is 40.8 Å². The van der Waals surface area contributed by atoms with Crippen molar-refractivity contribution in [2.75, 3.05) is 23.4 Å². The van der Waals surface area contributed by atoms with Crippen molar-refractivity contribution in [3.63, 3.8) is 0 Å². The molecule has 152 valence electrons. The fraction of sp³-hybridized carbons (Fsp3) is 0.500. The van der Waals surface area contributed by atoms with Gasteiger partial charge in [-0.3, -0.25) is 14.4 Å². The lowest BCUT2D eigenvalue weighted by molar-refractivity contribution is -0.140. The van der Waals surface area contributed by atoms with Gasteiger partial charge < -0.3 is 15.2 Å². The van der Waals surface area contributed by atoms with Gasteiger partial charge in [0.15, 0.2) is 0 Å². The van der Waals surface area contributed by atoms with Crippen LogP contribution >= 0.6 is 11.8 Å². The number of H-pyrrole nitrogens is 1. The molecule has 1 atom stereocenters. The summed E-state index contributed by atoms with van der Waals surface area (Å²) >= 11 is 1.90. The molecular formula is C22H25N3O3S. The second kappa shape index (κ2) is 7.20. The first kappa shape index (κ1) is 18.7. The minimum Gasteiger partial charge on any atom is -0.330 e. The molecule has 0 radical (unpaired) electrons. The van der Waals surface area contributed by atoms with Gasteiger partial charge in [0.25, 0.3) is 5.56 Å². The van der Waals surface area contributed by atoms with E-state index in [1.165, 1.54) is 0 Å². The number of aromatic nitrogens is 1. The molecule has 29 heavy (non-hydrogen) atoms. The molecule has 2 aliphatic heterocycles. The predicted molar refractivity (Wildman–Crippen MR) is 115 cm³/mol. The Balaban J connectivity index is 1.40. The fourth-order valence-corrected chi connectivity index (χ4v) is 5.89. The number of likely N-dealkylation sites (tertiary alicyclic amines) is 1. The van der Waals surface area contributed by atoms with Gasteiger partial charge in [0, 0.05) is 35.1 Å². The van der Waals surface area contributed by atoms with Crippen LogP contribution in [0.1, 0.15) is 32.1 Å². The summed E-state index contributed by atoms with van der Waals surface area (Å²) in [6, 6.07) is 6.71. The van der Waals surface area contributed by atoms with E-state index in [0.717, 1.165) is 43.6 Å². The van der Waals surface area contributed by atoms with Gasteiger partial charge in [-0.2, -0.15) is 11.8 Å². The number of thioether (sulfide) groups is 1. The summed E-state index contributed by atoms with van der Waals surface area (Å²) in [5.41, 5.74) is 0.594. The molecule has 2 saturated heterocycles. The second-order valence-electron chi connectivity index (χ2n) is 8.64. The van der Waals surface area contributed by atoms with Crippen molar-refractivity contribution < 1.29 is 9.59 Å². The number of hydrogen-bond donors (Lipinski definition) is 2. The number of pyridine rings is 1. The largest absolute Gasteiger partial charge is 0.330 e. The van der Waals surface area contributed by atoms with Gasteiger partial charge in [-0.05, 0) is 67.2 Å². The van der Waals surface area contributed by atoms with E-state index in [0.29, 0.717) is 23.0 Å². The summed E-state index contributed by atoms with van der Waals surface area (Å²) in [5, 5.41) is 4.28. The molecule has 5 rings (SSSR count). The molecule has 2 aromatic rings. The van der Waals surface area contributed by atoms with Gasteiger partial charge in [-0.15, -0.1) is 0 Å². The molecule has 3 aliphatic rings. The van der Waals surface area contributed by atoms with Crippen LogP contribution in [-0.2, 0) is 9.59 Å². The monoisotopic (exact) mass is 411 g/mol. The Hall–Kier alpha value is -2.28. The van der Waals surface area contributed by atoms with Crippen molar-refractivity contribution in [2.45, 2.75) is 38.1 Å². The second-order valence-corrected chi connectivity index (χ2v) is 9.86. The van der Waals surface area contributed by atoms with Crippen LogP contribution in [0.2, 0.25) is 0 Å². The Labute approximate surface area is 173 Å². The van der Waals surface area contributed by atoms with Gasteiger partial charge in [0.05, 0.1) is 0 Å². The average Bonchev–Trinajstić information content (AvgIpc) is 3.39. The molecule has 3 heterocycles.